The molecule has 1 aromatic rings. The molecule has 0 spiro atoms. The van der Waals surface area contributed by atoms with Gasteiger partial charge < -0.3 is 19.9 Å². The molecule has 1 saturated heterocycles. The standard InChI is InChI=1S/C18H30N4OS.HI/c1-3-23-13-8-18(6-7-18)15-20-17(19-2)22-11-9-21(10-12-22)16-5-4-14-24-16;/h4-5,14H,3,6-13,15H2,1-2H3,(H,19,20);1H. The van der Waals surface area contributed by atoms with E-state index in [0.29, 0.717) is 5.41 Å². The lowest BCUT2D eigenvalue weighted by Crippen LogP contribution is -2.53. The highest BCUT2D eigenvalue weighted by Crippen LogP contribution is 2.48. The predicted octanol–water partition coefficient (Wildman–Crippen LogP) is 3.27. The number of nitrogens with one attached hydrogen (secondary N) is 1. The number of anilines is 1. The summed E-state index contributed by atoms with van der Waals surface area (Å²) in [7, 11) is 1.90. The number of halogens is 1. The van der Waals surface area contributed by atoms with Gasteiger partial charge in [0.2, 0.25) is 0 Å². The Morgan fingerprint density at radius 1 is 1.32 bits per heavy atom. The zero-order chi connectivity index (χ0) is 16.8. The predicted molar refractivity (Wildman–Crippen MR) is 118 cm³/mol. The minimum atomic E-state index is 0. The highest BCUT2D eigenvalue weighted by Gasteiger charge is 2.42. The first kappa shape index (κ1) is 20.8. The lowest BCUT2D eigenvalue weighted by molar-refractivity contribution is 0.128. The number of guanidine groups is 1. The second-order valence-corrected chi connectivity index (χ2v) is 7.70. The minimum absolute atomic E-state index is 0. The zero-order valence-electron chi connectivity index (χ0n) is 15.4. The average Bonchev–Trinajstić information content (AvgIpc) is 3.17. The highest BCUT2D eigenvalue weighted by atomic mass is 127. The quantitative estimate of drug-likeness (QED) is 0.283. The Balaban J connectivity index is 0.00000225. The largest absolute Gasteiger partial charge is 0.382 e. The molecule has 1 N–H and O–H groups in total. The molecule has 5 nitrogen and oxygen atoms in total. The Labute approximate surface area is 172 Å². The molecule has 1 aliphatic carbocycles. The summed E-state index contributed by atoms with van der Waals surface area (Å²) in [4.78, 5) is 9.37. The van der Waals surface area contributed by atoms with Gasteiger partial charge in [-0.15, -0.1) is 35.3 Å². The summed E-state index contributed by atoms with van der Waals surface area (Å²) in [5.74, 6) is 1.06. The van der Waals surface area contributed by atoms with Gasteiger partial charge in [-0.3, -0.25) is 4.99 Å². The van der Waals surface area contributed by atoms with Crippen LogP contribution in [-0.2, 0) is 4.74 Å². The monoisotopic (exact) mass is 478 g/mol. The van der Waals surface area contributed by atoms with Crippen LogP contribution in [0.1, 0.15) is 26.2 Å². The van der Waals surface area contributed by atoms with Gasteiger partial charge in [0.1, 0.15) is 0 Å². The van der Waals surface area contributed by atoms with Gasteiger partial charge in [0.25, 0.3) is 0 Å². The van der Waals surface area contributed by atoms with E-state index in [9.17, 15) is 0 Å². The van der Waals surface area contributed by atoms with Gasteiger partial charge >= 0.3 is 0 Å². The van der Waals surface area contributed by atoms with Crippen LogP contribution in [0.15, 0.2) is 22.5 Å². The third-order valence-corrected chi connectivity index (χ3v) is 6.10. The molecule has 0 radical (unpaired) electrons. The summed E-state index contributed by atoms with van der Waals surface area (Å²) in [5.41, 5.74) is 0.448. The number of rotatable bonds is 7. The molecule has 1 aliphatic heterocycles. The van der Waals surface area contributed by atoms with Crippen LogP contribution in [0.4, 0.5) is 5.00 Å². The molecule has 1 aromatic heterocycles. The normalized spacial score (nSPS) is 19.5. The Bertz CT molecular complexity index is 525. The van der Waals surface area contributed by atoms with Crippen LogP contribution in [0.5, 0.6) is 0 Å². The summed E-state index contributed by atoms with van der Waals surface area (Å²) in [6, 6.07) is 4.34. The molecule has 3 rings (SSSR count). The first-order valence-electron chi connectivity index (χ1n) is 9.08. The lowest BCUT2D eigenvalue weighted by Gasteiger charge is -2.37. The van der Waals surface area contributed by atoms with Gasteiger partial charge in [-0.05, 0) is 49.1 Å². The van der Waals surface area contributed by atoms with Crippen LogP contribution in [-0.4, -0.2) is 63.8 Å². The average molecular weight is 478 g/mol. The SMILES string of the molecule is CCOCCC1(CNC(=NC)N2CCN(c3cccs3)CC2)CC1.I. The number of piperazine rings is 1. The minimum Gasteiger partial charge on any atom is -0.382 e. The molecule has 2 fully saturated rings. The van der Waals surface area contributed by atoms with E-state index in [1.807, 2.05) is 18.4 Å². The van der Waals surface area contributed by atoms with E-state index >= 15 is 0 Å². The van der Waals surface area contributed by atoms with Gasteiger partial charge in [0.05, 0.1) is 5.00 Å². The van der Waals surface area contributed by atoms with Crippen molar-refractivity contribution < 1.29 is 4.74 Å². The number of nitrogens with zero attached hydrogens (tertiary/aromatic N) is 3. The third kappa shape index (κ3) is 5.72. The first-order valence-corrected chi connectivity index (χ1v) is 9.96. The molecule has 1 saturated carbocycles. The van der Waals surface area contributed by atoms with Gasteiger partial charge in [0, 0.05) is 53.0 Å². The molecule has 0 amide bonds. The van der Waals surface area contributed by atoms with Crippen molar-refractivity contribution in [2.45, 2.75) is 26.2 Å². The molecule has 0 atom stereocenters. The van der Waals surface area contributed by atoms with E-state index in [1.54, 1.807) is 0 Å². The molecule has 0 unspecified atom stereocenters. The number of hydrogen-bond acceptors (Lipinski definition) is 4. The van der Waals surface area contributed by atoms with Crippen LogP contribution in [0.25, 0.3) is 0 Å². The summed E-state index contributed by atoms with van der Waals surface area (Å²) in [6.45, 7) is 8.99. The van der Waals surface area contributed by atoms with E-state index in [-0.39, 0.29) is 24.0 Å². The maximum atomic E-state index is 5.53. The zero-order valence-corrected chi connectivity index (χ0v) is 18.5. The van der Waals surface area contributed by atoms with Crippen LogP contribution in [0, 0.1) is 5.41 Å². The van der Waals surface area contributed by atoms with Crippen molar-refractivity contribution in [1.29, 1.82) is 0 Å². The maximum absolute atomic E-state index is 5.53. The summed E-state index contributed by atoms with van der Waals surface area (Å²) in [6.07, 6.45) is 3.80. The van der Waals surface area contributed by atoms with E-state index < -0.39 is 0 Å². The van der Waals surface area contributed by atoms with Crippen molar-refractivity contribution in [1.82, 2.24) is 10.2 Å². The molecule has 2 heterocycles. The Morgan fingerprint density at radius 3 is 2.64 bits per heavy atom. The van der Waals surface area contributed by atoms with Crippen LogP contribution in [0.3, 0.4) is 0 Å². The number of thiophene rings is 1. The summed E-state index contributed by atoms with van der Waals surface area (Å²) in [5, 5.41) is 7.16. The van der Waals surface area contributed by atoms with E-state index in [2.05, 4.69) is 44.5 Å². The Hall–Kier alpha value is -0.540. The van der Waals surface area contributed by atoms with E-state index in [1.165, 1.54) is 17.8 Å². The Morgan fingerprint density at radius 2 is 2.08 bits per heavy atom. The van der Waals surface area contributed by atoms with E-state index in [4.69, 9.17) is 4.74 Å². The number of aliphatic imine (C=N–C) groups is 1. The first-order chi connectivity index (χ1) is 11.8. The van der Waals surface area contributed by atoms with Crippen molar-refractivity contribution in [3.05, 3.63) is 17.5 Å². The molecule has 0 aromatic carbocycles. The molecule has 142 valence electrons. The lowest BCUT2D eigenvalue weighted by atomic mass is 10.0. The second-order valence-electron chi connectivity index (χ2n) is 6.77. The van der Waals surface area contributed by atoms with Crippen molar-refractivity contribution in [3.63, 3.8) is 0 Å². The fraction of sp³-hybridized carbons (Fsp3) is 0.722. The van der Waals surface area contributed by atoms with Gasteiger partial charge in [0.15, 0.2) is 5.96 Å². The number of hydrogen-bond donors (Lipinski definition) is 1. The van der Waals surface area contributed by atoms with Crippen molar-refractivity contribution in [3.8, 4) is 0 Å². The van der Waals surface area contributed by atoms with Crippen LogP contribution in [0.2, 0.25) is 0 Å². The van der Waals surface area contributed by atoms with Gasteiger partial charge in [-0.2, -0.15) is 0 Å². The smallest absolute Gasteiger partial charge is 0.193 e. The van der Waals surface area contributed by atoms with Crippen molar-refractivity contribution in [2.24, 2.45) is 10.4 Å². The molecule has 25 heavy (non-hydrogen) atoms. The second kappa shape index (κ2) is 9.97. The van der Waals surface area contributed by atoms with Gasteiger partial charge in [-0.1, -0.05) is 0 Å². The fourth-order valence-electron chi connectivity index (χ4n) is 3.31. The van der Waals surface area contributed by atoms with E-state index in [0.717, 1.165) is 58.3 Å². The fourth-order valence-corrected chi connectivity index (χ4v) is 4.10. The third-order valence-electron chi connectivity index (χ3n) is 5.17. The van der Waals surface area contributed by atoms with Crippen molar-refractivity contribution >= 4 is 46.3 Å². The van der Waals surface area contributed by atoms with Crippen LogP contribution < -0.4 is 10.2 Å². The number of ether oxygens (including phenoxy) is 1. The molecule has 0 bridgehead atoms. The molecule has 7 heteroatoms. The molecular formula is C18H31IN4OS. The molecule has 2 aliphatic rings. The van der Waals surface area contributed by atoms with Crippen molar-refractivity contribution in [2.75, 3.05) is 57.9 Å². The Kier molecular flexibility index (Phi) is 8.28. The summed E-state index contributed by atoms with van der Waals surface area (Å²) >= 11 is 1.83. The topological polar surface area (TPSA) is 40.1 Å². The highest BCUT2D eigenvalue weighted by molar-refractivity contribution is 14.0. The van der Waals surface area contributed by atoms with Crippen LogP contribution >= 0.6 is 35.3 Å². The van der Waals surface area contributed by atoms with Gasteiger partial charge in [-0.25, -0.2) is 0 Å². The maximum Gasteiger partial charge on any atom is 0.193 e. The summed E-state index contributed by atoms with van der Waals surface area (Å²) < 4.78 is 5.53. The molecular weight excluding hydrogens is 447 g/mol.